The van der Waals surface area contributed by atoms with Crippen molar-refractivity contribution in [3.63, 3.8) is 0 Å². The molecule has 0 amide bonds. The minimum atomic E-state index is -4.52. The molecule has 0 spiro atoms. The van der Waals surface area contributed by atoms with Gasteiger partial charge in [0.25, 0.3) is 0 Å². The zero-order chi connectivity index (χ0) is 11.6. The number of nitrogens with one attached hydrogen (secondary N) is 1. The first kappa shape index (κ1) is 12.7. The number of hydrogen-bond donors (Lipinski definition) is 2. The first-order chi connectivity index (χ1) is 6.80. The van der Waals surface area contributed by atoms with Gasteiger partial charge < -0.3 is 15.3 Å². The summed E-state index contributed by atoms with van der Waals surface area (Å²) < 4.78 is 35.9. The largest absolute Gasteiger partial charge is 0.415 e. The van der Waals surface area contributed by atoms with Crippen molar-refractivity contribution < 1.29 is 18.3 Å². The molecule has 1 rings (SSSR count). The normalized spacial score (nSPS) is 30.8. The number of aliphatic hydroxyl groups is 1. The predicted octanol–water partition coefficient (Wildman–Crippen LogP) is 0.592. The third-order valence-electron chi connectivity index (χ3n) is 2.86. The average molecular weight is 226 g/mol. The number of aliphatic hydroxyl groups excluding tert-OH is 1. The second kappa shape index (κ2) is 4.67. The van der Waals surface area contributed by atoms with Crippen LogP contribution in [0.15, 0.2) is 0 Å². The Labute approximate surface area is 87.3 Å². The third kappa shape index (κ3) is 3.62. The van der Waals surface area contributed by atoms with E-state index in [0.717, 1.165) is 13.0 Å². The molecule has 3 nitrogen and oxygen atoms in total. The van der Waals surface area contributed by atoms with Crippen molar-refractivity contribution in [2.75, 3.05) is 20.1 Å². The highest BCUT2D eigenvalue weighted by Crippen LogP contribution is 2.20. The van der Waals surface area contributed by atoms with E-state index < -0.39 is 18.8 Å². The Bertz CT molecular complexity index is 200. The molecular weight excluding hydrogens is 209 g/mol. The van der Waals surface area contributed by atoms with Crippen LogP contribution < -0.4 is 5.32 Å². The van der Waals surface area contributed by atoms with Crippen LogP contribution in [0, 0.1) is 0 Å². The molecule has 1 aliphatic heterocycles. The van der Waals surface area contributed by atoms with E-state index >= 15 is 0 Å². The fourth-order valence-electron chi connectivity index (χ4n) is 1.74. The molecular formula is C9H17F3N2O. The predicted molar refractivity (Wildman–Crippen MR) is 50.6 cm³/mol. The van der Waals surface area contributed by atoms with Crippen LogP contribution in [0.4, 0.5) is 13.2 Å². The number of likely N-dealkylation sites (N-methyl/N-ethyl adjacent to an activating group) is 1. The molecule has 1 heterocycles. The van der Waals surface area contributed by atoms with Crippen LogP contribution in [0.3, 0.4) is 0 Å². The molecule has 1 fully saturated rings. The molecule has 0 radical (unpaired) electrons. The molecule has 0 aromatic rings. The molecule has 3 atom stereocenters. The smallest absolute Gasteiger partial charge is 0.382 e. The van der Waals surface area contributed by atoms with Gasteiger partial charge in [-0.1, -0.05) is 0 Å². The van der Waals surface area contributed by atoms with Gasteiger partial charge in [-0.05, 0) is 20.4 Å². The summed E-state index contributed by atoms with van der Waals surface area (Å²) >= 11 is 0. The van der Waals surface area contributed by atoms with Crippen LogP contribution in [0.1, 0.15) is 13.3 Å². The lowest BCUT2D eigenvalue weighted by molar-refractivity contribution is -0.202. The summed E-state index contributed by atoms with van der Waals surface area (Å²) in [7, 11) is 1.94. The number of rotatable bonds is 3. The van der Waals surface area contributed by atoms with Crippen molar-refractivity contribution in [1.29, 1.82) is 0 Å². The molecule has 15 heavy (non-hydrogen) atoms. The van der Waals surface area contributed by atoms with Gasteiger partial charge in [-0.2, -0.15) is 13.2 Å². The third-order valence-corrected chi connectivity index (χ3v) is 2.86. The van der Waals surface area contributed by atoms with Crippen LogP contribution in [0.2, 0.25) is 0 Å². The van der Waals surface area contributed by atoms with E-state index in [1.54, 1.807) is 0 Å². The molecule has 1 aliphatic rings. The summed E-state index contributed by atoms with van der Waals surface area (Å²) in [6.45, 7) is 2.34. The van der Waals surface area contributed by atoms with Crippen molar-refractivity contribution in [3.8, 4) is 0 Å². The van der Waals surface area contributed by atoms with Crippen molar-refractivity contribution in [1.82, 2.24) is 10.2 Å². The van der Waals surface area contributed by atoms with Gasteiger partial charge in [-0.25, -0.2) is 0 Å². The van der Waals surface area contributed by atoms with Gasteiger partial charge in [-0.15, -0.1) is 0 Å². The van der Waals surface area contributed by atoms with E-state index in [9.17, 15) is 13.2 Å². The minimum Gasteiger partial charge on any atom is -0.382 e. The Balaban J connectivity index is 2.27. The molecule has 1 saturated heterocycles. The quantitative estimate of drug-likeness (QED) is 0.739. The number of alkyl halides is 3. The van der Waals surface area contributed by atoms with Gasteiger partial charge in [0.05, 0.1) is 0 Å². The molecule has 2 N–H and O–H groups in total. The van der Waals surface area contributed by atoms with Crippen LogP contribution >= 0.6 is 0 Å². The summed E-state index contributed by atoms with van der Waals surface area (Å²) in [5.74, 6) is 0. The molecule has 6 heteroatoms. The Hall–Kier alpha value is -0.330. The Kier molecular flexibility index (Phi) is 3.97. The van der Waals surface area contributed by atoms with Crippen molar-refractivity contribution in [2.45, 2.75) is 37.7 Å². The first-order valence-electron chi connectivity index (χ1n) is 4.99. The summed E-state index contributed by atoms with van der Waals surface area (Å²) in [6, 6.07) is 0.424. The van der Waals surface area contributed by atoms with Crippen LogP contribution in [-0.2, 0) is 0 Å². The Morgan fingerprint density at radius 2 is 2.13 bits per heavy atom. The Morgan fingerprint density at radius 3 is 2.53 bits per heavy atom. The highest BCUT2D eigenvalue weighted by atomic mass is 19.4. The fraction of sp³-hybridized carbons (Fsp3) is 1.00. The highest BCUT2D eigenvalue weighted by Gasteiger charge is 2.38. The van der Waals surface area contributed by atoms with Crippen LogP contribution in [-0.4, -0.2) is 54.5 Å². The summed E-state index contributed by atoms with van der Waals surface area (Å²) in [4.78, 5) is 2.08. The zero-order valence-electron chi connectivity index (χ0n) is 8.88. The maximum atomic E-state index is 12.0. The minimum absolute atomic E-state index is 0.0435. The van der Waals surface area contributed by atoms with Crippen molar-refractivity contribution >= 4 is 0 Å². The average Bonchev–Trinajstić information content (AvgIpc) is 2.41. The maximum absolute atomic E-state index is 12.0. The van der Waals surface area contributed by atoms with Gasteiger partial charge in [0.15, 0.2) is 6.10 Å². The zero-order valence-corrected chi connectivity index (χ0v) is 8.88. The second-order valence-electron chi connectivity index (χ2n) is 4.19. The highest BCUT2D eigenvalue weighted by molar-refractivity contribution is 4.86. The maximum Gasteiger partial charge on any atom is 0.415 e. The summed E-state index contributed by atoms with van der Waals surface area (Å²) in [6.07, 6.45) is -5.97. The molecule has 0 aliphatic carbocycles. The van der Waals surface area contributed by atoms with Crippen LogP contribution in [0.25, 0.3) is 0 Å². The first-order valence-corrected chi connectivity index (χ1v) is 4.99. The summed E-state index contributed by atoms with van der Waals surface area (Å²) in [5.41, 5.74) is 0. The lowest BCUT2D eigenvalue weighted by Gasteiger charge is -2.18. The van der Waals surface area contributed by atoms with Gasteiger partial charge in [0.1, 0.15) is 0 Å². The van der Waals surface area contributed by atoms with E-state index in [4.69, 9.17) is 5.11 Å². The number of likely N-dealkylation sites (tertiary alicyclic amines) is 1. The fourth-order valence-corrected chi connectivity index (χ4v) is 1.74. The standard InChI is InChI=1S/C9H17F3N2O/c1-6-3-7(5-14(6)2)13-4-8(15)9(10,11)12/h6-8,13,15H,3-5H2,1-2H3. The van der Waals surface area contributed by atoms with Crippen molar-refractivity contribution in [2.24, 2.45) is 0 Å². The van der Waals surface area contributed by atoms with Crippen molar-refractivity contribution in [3.05, 3.63) is 0 Å². The molecule has 3 unspecified atom stereocenters. The lowest BCUT2D eigenvalue weighted by atomic mass is 10.2. The second-order valence-corrected chi connectivity index (χ2v) is 4.19. The SMILES string of the molecule is CC1CC(NCC(O)C(F)(F)F)CN1C. The Morgan fingerprint density at radius 1 is 1.53 bits per heavy atom. The van der Waals surface area contributed by atoms with E-state index in [-0.39, 0.29) is 6.04 Å². The molecule has 0 aromatic carbocycles. The number of halogens is 3. The van der Waals surface area contributed by atoms with Crippen LogP contribution in [0.5, 0.6) is 0 Å². The molecule has 90 valence electrons. The molecule has 0 saturated carbocycles. The molecule has 0 aromatic heterocycles. The summed E-state index contributed by atoms with van der Waals surface area (Å²) in [5, 5.41) is 11.5. The van der Waals surface area contributed by atoms with Gasteiger partial charge in [0, 0.05) is 25.2 Å². The number of nitrogens with zero attached hydrogens (tertiary/aromatic N) is 1. The van der Waals surface area contributed by atoms with E-state index in [0.29, 0.717) is 6.04 Å². The monoisotopic (exact) mass is 226 g/mol. The van der Waals surface area contributed by atoms with E-state index in [1.165, 1.54) is 0 Å². The van der Waals surface area contributed by atoms with Gasteiger partial charge in [-0.3, -0.25) is 0 Å². The lowest BCUT2D eigenvalue weighted by Crippen LogP contribution is -2.43. The topological polar surface area (TPSA) is 35.5 Å². The number of hydrogen-bond acceptors (Lipinski definition) is 3. The van der Waals surface area contributed by atoms with Gasteiger partial charge in [0.2, 0.25) is 0 Å². The molecule has 0 bridgehead atoms. The van der Waals surface area contributed by atoms with E-state index in [2.05, 4.69) is 10.2 Å². The van der Waals surface area contributed by atoms with Gasteiger partial charge >= 0.3 is 6.18 Å². The van der Waals surface area contributed by atoms with E-state index in [1.807, 2.05) is 14.0 Å².